The van der Waals surface area contributed by atoms with Crippen LogP contribution in [0.15, 0.2) is 24.3 Å². The highest BCUT2D eigenvalue weighted by Gasteiger charge is 2.11. The first kappa shape index (κ1) is 10.3. The Morgan fingerprint density at radius 3 is 2.87 bits per heavy atom. The van der Waals surface area contributed by atoms with E-state index in [0.717, 1.165) is 32.1 Å². The average molecular weight is 207 g/mol. The van der Waals surface area contributed by atoms with E-state index in [1.165, 1.54) is 5.69 Å². The van der Waals surface area contributed by atoms with E-state index in [1.54, 1.807) is 0 Å². The van der Waals surface area contributed by atoms with Gasteiger partial charge in [-0.2, -0.15) is 0 Å². The van der Waals surface area contributed by atoms with Crippen molar-refractivity contribution in [2.75, 3.05) is 37.8 Å². The van der Waals surface area contributed by atoms with Crippen molar-refractivity contribution in [3.63, 3.8) is 0 Å². The van der Waals surface area contributed by atoms with Gasteiger partial charge in [-0.3, -0.25) is 0 Å². The van der Waals surface area contributed by atoms with Crippen molar-refractivity contribution in [2.24, 2.45) is 0 Å². The van der Waals surface area contributed by atoms with Crippen LogP contribution in [0.3, 0.4) is 0 Å². The maximum atomic E-state index is 5.48. The van der Waals surface area contributed by atoms with Gasteiger partial charge >= 0.3 is 0 Å². The Bertz CT molecular complexity index is 308. The minimum Gasteiger partial charge on any atom is -0.494 e. The summed E-state index contributed by atoms with van der Waals surface area (Å²) in [4.78, 5) is 2.33. The lowest BCUT2D eigenvalue weighted by molar-refractivity contribution is 0.122. The predicted molar refractivity (Wildman–Crippen MR) is 60.6 cm³/mol. The number of morpholine rings is 1. The van der Waals surface area contributed by atoms with Gasteiger partial charge in [-0.05, 0) is 19.1 Å². The van der Waals surface area contributed by atoms with E-state index in [1.807, 2.05) is 19.1 Å². The largest absolute Gasteiger partial charge is 0.494 e. The summed E-state index contributed by atoms with van der Waals surface area (Å²) < 4.78 is 10.8. The van der Waals surface area contributed by atoms with Crippen molar-refractivity contribution in [1.29, 1.82) is 0 Å². The Labute approximate surface area is 90.6 Å². The second-order valence-electron chi connectivity index (χ2n) is 3.53. The van der Waals surface area contributed by atoms with Gasteiger partial charge in [-0.1, -0.05) is 6.07 Å². The first-order chi connectivity index (χ1) is 7.40. The third-order valence-electron chi connectivity index (χ3n) is 2.50. The molecule has 0 aromatic heterocycles. The Balaban J connectivity index is 2.09. The SMILES string of the molecule is CCOc1cccc(N2CCOCC2)c1. The van der Waals surface area contributed by atoms with Crippen LogP contribution in [0, 0.1) is 0 Å². The molecule has 3 heteroatoms. The highest BCUT2D eigenvalue weighted by molar-refractivity contribution is 5.50. The minimum absolute atomic E-state index is 0.715. The monoisotopic (exact) mass is 207 g/mol. The molecule has 1 aromatic carbocycles. The van der Waals surface area contributed by atoms with Crippen LogP contribution in [0.2, 0.25) is 0 Å². The molecule has 1 aromatic rings. The molecular formula is C12H17NO2. The standard InChI is InChI=1S/C12H17NO2/c1-2-15-12-5-3-4-11(10-12)13-6-8-14-9-7-13/h3-5,10H,2,6-9H2,1H3. The number of benzene rings is 1. The summed E-state index contributed by atoms with van der Waals surface area (Å²) in [6, 6.07) is 8.24. The zero-order valence-electron chi connectivity index (χ0n) is 9.11. The highest BCUT2D eigenvalue weighted by atomic mass is 16.5. The number of hydrogen-bond donors (Lipinski definition) is 0. The summed E-state index contributed by atoms with van der Waals surface area (Å²) in [5, 5.41) is 0. The Morgan fingerprint density at radius 2 is 2.13 bits per heavy atom. The normalized spacial score (nSPS) is 16.5. The van der Waals surface area contributed by atoms with E-state index >= 15 is 0 Å². The molecule has 1 aliphatic rings. The van der Waals surface area contributed by atoms with E-state index in [9.17, 15) is 0 Å². The van der Waals surface area contributed by atoms with Crippen LogP contribution >= 0.6 is 0 Å². The van der Waals surface area contributed by atoms with Crippen LogP contribution in [0.5, 0.6) is 5.75 Å². The fraction of sp³-hybridized carbons (Fsp3) is 0.500. The van der Waals surface area contributed by atoms with Gasteiger partial charge in [-0.25, -0.2) is 0 Å². The van der Waals surface area contributed by atoms with Crippen LogP contribution in [0.25, 0.3) is 0 Å². The molecule has 82 valence electrons. The molecule has 0 amide bonds. The topological polar surface area (TPSA) is 21.7 Å². The van der Waals surface area contributed by atoms with Crippen molar-refractivity contribution in [3.8, 4) is 5.75 Å². The average Bonchev–Trinajstić information content (AvgIpc) is 2.31. The molecule has 0 saturated carbocycles. The molecule has 2 rings (SSSR count). The highest BCUT2D eigenvalue weighted by Crippen LogP contribution is 2.21. The summed E-state index contributed by atoms with van der Waals surface area (Å²) >= 11 is 0. The molecule has 0 unspecified atom stereocenters. The van der Waals surface area contributed by atoms with E-state index in [2.05, 4.69) is 17.0 Å². The van der Waals surface area contributed by atoms with Gasteiger partial charge in [0.05, 0.1) is 19.8 Å². The lowest BCUT2D eigenvalue weighted by atomic mass is 10.2. The zero-order valence-corrected chi connectivity index (χ0v) is 9.11. The van der Waals surface area contributed by atoms with Gasteiger partial charge in [0.2, 0.25) is 0 Å². The molecule has 15 heavy (non-hydrogen) atoms. The summed E-state index contributed by atoms with van der Waals surface area (Å²) in [6.07, 6.45) is 0. The van der Waals surface area contributed by atoms with Crippen molar-refractivity contribution >= 4 is 5.69 Å². The van der Waals surface area contributed by atoms with E-state index < -0.39 is 0 Å². The van der Waals surface area contributed by atoms with Crippen LogP contribution in [0.1, 0.15) is 6.92 Å². The molecule has 3 nitrogen and oxygen atoms in total. The molecule has 0 spiro atoms. The number of hydrogen-bond acceptors (Lipinski definition) is 3. The fourth-order valence-electron chi connectivity index (χ4n) is 1.76. The summed E-state index contributed by atoms with van der Waals surface area (Å²) in [7, 11) is 0. The Hall–Kier alpha value is -1.22. The van der Waals surface area contributed by atoms with Gasteiger partial charge in [0.25, 0.3) is 0 Å². The zero-order chi connectivity index (χ0) is 10.5. The van der Waals surface area contributed by atoms with E-state index in [0.29, 0.717) is 6.61 Å². The molecule has 0 N–H and O–H groups in total. The number of ether oxygens (including phenoxy) is 2. The second-order valence-corrected chi connectivity index (χ2v) is 3.53. The quantitative estimate of drug-likeness (QED) is 0.756. The molecule has 0 atom stereocenters. The van der Waals surface area contributed by atoms with Crippen molar-refractivity contribution in [2.45, 2.75) is 6.92 Å². The van der Waals surface area contributed by atoms with Crippen LogP contribution in [0.4, 0.5) is 5.69 Å². The molecule has 0 radical (unpaired) electrons. The van der Waals surface area contributed by atoms with Gasteiger partial charge in [-0.15, -0.1) is 0 Å². The summed E-state index contributed by atoms with van der Waals surface area (Å²) in [6.45, 7) is 6.29. The predicted octanol–water partition coefficient (Wildman–Crippen LogP) is 1.92. The summed E-state index contributed by atoms with van der Waals surface area (Å²) in [5.74, 6) is 0.946. The van der Waals surface area contributed by atoms with Gasteiger partial charge in [0.1, 0.15) is 5.75 Å². The Morgan fingerprint density at radius 1 is 1.33 bits per heavy atom. The van der Waals surface area contributed by atoms with Crippen LogP contribution in [-0.4, -0.2) is 32.9 Å². The molecule has 0 bridgehead atoms. The maximum absolute atomic E-state index is 5.48. The molecule has 1 aliphatic heterocycles. The first-order valence-corrected chi connectivity index (χ1v) is 5.45. The van der Waals surface area contributed by atoms with Crippen molar-refractivity contribution < 1.29 is 9.47 Å². The lowest BCUT2D eigenvalue weighted by Gasteiger charge is -2.29. The van der Waals surface area contributed by atoms with Crippen molar-refractivity contribution in [1.82, 2.24) is 0 Å². The molecular weight excluding hydrogens is 190 g/mol. The van der Waals surface area contributed by atoms with E-state index in [-0.39, 0.29) is 0 Å². The van der Waals surface area contributed by atoms with Gasteiger partial charge < -0.3 is 14.4 Å². The molecule has 1 saturated heterocycles. The maximum Gasteiger partial charge on any atom is 0.121 e. The molecule has 0 aliphatic carbocycles. The lowest BCUT2D eigenvalue weighted by Crippen LogP contribution is -2.36. The summed E-state index contributed by atoms with van der Waals surface area (Å²) in [5.41, 5.74) is 1.23. The first-order valence-electron chi connectivity index (χ1n) is 5.45. The number of rotatable bonds is 3. The van der Waals surface area contributed by atoms with Crippen molar-refractivity contribution in [3.05, 3.63) is 24.3 Å². The Kier molecular flexibility index (Phi) is 3.45. The molecule has 1 fully saturated rings. The minimum atomic E-state index is 0.715. The van der Waals surface area contributed by atoms with Crippen LogP contribution < -0.4 is 9.64 Å². The third kappa shape index (κ3) is 2.63. The molecule has 1 heterocycles. The fourth-order valence-corrected chi connectivity index (χ4v) is 1.76. The van der Waals surface area contributed by atoms with E-state index in [4.69, 9.17) is 9.47 Å². The third-order valence-corrected chi connectivity index (χ3v) is 2.50. The number of nitrogens with zero attached hydrogens (tertiary/aromatic N) is 1. The second kappa shape index (κ2) is 5.03. The van der Waals surface area contributed by atoms with Gasteiger partial charge in [0.15, 0.2) is 0 Å². The number of anilines is 1. The smallest absolute Gasteiger partial charge is 0.121 e. The van der Waals surface area contributed by atoms with Gasteiger partial charge in [0, 0.05) is 24.8 Å². The van der Waals surface area contributed by atoms with Crippen LogP contribution in [-0.2, 0) is 4.74 Å².